The SMILES string of the molecule is CCN(CC)[C@@H](CNC(=O)/C=C\c1c(C)nc2sc(C)cn12)c1ccsc1. The van der Waals surface area contributed by atoms with Crippen molar-refractivity contribution in [3.63, 3.8) is 0 Å². The molecule has 1 atom stereocenters. The molecule has 0 radical (unpaired) electrons. The van der Waals surface area contributed by atoms with E-state index in [9.17, 15) is 4.79 Å². The van der Waals surface area contributed by atoms with Crippen LogP contribution in [0.5, 0.6) is 0 Å². The average molecular weight is 403 g/mol. The zero-order valence-corrected chi connectivity index (χ0v) is 17.9. The van der Waals surface area contributed by atoms with Crippen LogP contribution in [-0.4, -0.2) is 39.8 Å². The van der Waals surface area contributed by atoms with Gasteiger partial charge in [0.1, 0.15) is 0 Å². The average Bonchev–Trinajstić information content (AvgIpc) is 3.34. The summed E-state index contributed by atoms with van der Waals surface area (Å²) in [5.41, 5.74) is 3.15. The van der Waals surface area contributed by atoms with Crippen LogP contribution in [0.1, 0.15) is 41.7 Å². The highest BCUT2D eigenvalue weighted by atomic mass is 32.1. The molecule has 3 aromatic rings. The molecule has 0 aliphatic rings. The largest absolute Gasteiger partial charge is 0.351 e. The Hall–Kier alpha value is -1.96. The van der Waals surface area contributed by atoms with Crippen molar-refractivity contribution in [3.8, 4) is 0 Å². The van der Waals surface area contributed by atoms with Crippen LogP contribution >= 0.6 is 22.7 Å². The van der Waals surface area contributed by atoms with Gasteiger partial charge in [-0.2, -0.15) is 11.3 Å². The Balaban J connectivity index is 1.68. The van der Waals surface area contributed by atoms with E-state index in [1.54, 1.807) is 28.7 Å². The Morgan fingerprint density at radius 1 is 1.37 bits per heavy atom. The molecule has 0 fully saturated rings. The molecule has 0 saturated heterocycles. The summed E-state index contributed by atoms with van der Waals surface area (Å²) < 4.78 is 2.04. The summed E-state index contributed by atoms with van der Waals surface area (Å²) in [5, 5.41) is 7.32. The summed E-state index contributed by atoms with van der Waals surface area (Å²) in [5.74, 6) is -0.0799. The minimum absolute atomic E-state index is 0.0799. The van der Waals surface area contributed by atoms with Gasteiger partial charge in [0.05, 0.1) is 17.4 Å². The molecule has 0 aromatic carbocycles. The van der Waals surface area contributed by atoms with Gasteiger partial charge >= 0.3 is 0 Å². The summed E-state index contributed by atoms with van der Waals surface area (Å²) in [4.78, 5) is 21.5. The van der Waals surface area contributed by atoms with Gasteiger partial charge in [0, 0.05) is 23.7 Å². The van der Waals surface area contributed by atoms with Gasteiger partial charge in [0.2, 0.25) is 5.91 Å². The lowest BCUT2D eigenvalue weighted by atomic mass is 10.1. The Kier molecular flexibility index (Phi) is 6.46. The number of likely N-dealkylation sites (N-methyl/N-ethyl adjacent to an activating group) is 1. The third-order valence-electron chi connectivity index (χ3n) is 4.71. The molecule has 0 saturated carbocycles. The number of nitrogens with one attached hydrogen (secondary N) is 1. The van der Waals surface area contributed by atoms with Crippen LogP contribution in [0.2, 0.25) is 0 Å². The fourth-order valence-electron chi connectivity index (χ4n) is 3.28. The van der Waals surface area contributed by atoms with Crippen LogP contribution in [0.25, 0.3) is 11.0 Å². The van der Waals surface area contributed by atoms with Crippen LogP contribution in [0.3, 0.4) is 0 Å². The number of thiophene rings is 1. The monoisotopic (exact) mass is 402 g/mol. The summed E-state index contributed by atoms with van der Waals surface area (Å²) in [7, 11) is 0. The van der Waals surface area contributed by atoms with E-state index < -0.39 is 0 Å². The number of aromatic nitrogens is 2. The van der Waals surface area contributed by atoms with Gasteiger partial charge in [0.25, 0.3) is 0 Å². The second kappa shape index (κ2) is 8.82. The number of carbonyl (C=O) groups is 1. The fraction of sp³-hybridized carbons (Fsp3) is 0.400. The number of hydrogen-bond donors (Lipinski definition) is 1. The summed E-state index contributed by atoms with van der Waals surface area (Å²) in [6.45, 7) is 10.8. The van der Waals surface area contributed by atoms with E-state index in [2.05, 4.69) is 59.0 Å². The Morgan fingerprint density at radius 2 is 2.15 bits per heavy atom. The normalized spacial score (nSPS) is 13.1. The zero-order valence-electron chi connectivity index (χ0n) is 16.2. The van der Waals surface area contributed by atoms with E-state index in [1.807, 2.05) is 17.4 Å². The predicted octanol–water partition coefficient (Wildman–Crippen LogP) is 4.29. The smallest absolute Gasteiger partial charge is 0.244 e. The molecule has 0 bridgehead atoms. The predicted molar refractivity (Wildman–Crippen MR) is 115 cm³/mol. The van der Waals surface area contributed by atoms with Gasteiger partial charge in [0.15, 0.2) is 4.96 Å². The number of thiazole rings is 1. The molecule has 7 heteroatoms. The van der Waals surface area contributed by atoms with Crippen molar-refractivity contribution in [2.75, 3.05) is 19.6 Å². The molecule has 1 N–H and O–H groups in total. The number of hydrogen-bond acceptors (Lipinski definition) is 5. The van der Waals surface area contributed by atoms with Crippen LogP contribution in [0, 0.1) is 13.8 Å². The molecule has 0 spiro atoms. The van der Waals surface area contributed by atoms with E-state index in [0.29, 0.717) is 6.54 Å². The molecule has 1 amide bonds. The van der Waals surface area contributed by atoms with E-state index >= 15 is 0 Å². The van der Waals surface area contributed by atoms with E-state index in [-0.39, 0.29) is 11.9 Å². The first-order valence-corrected chi connectivity index (χ1v) is 11.0. The maximum Gasteiger partial charge on any atom is 0.244 e. The van der Waals surface area contributed by atoms with Gasteiger partial charge in [-0.15, -0.1) is 11.3 Å². The molecule has 0 aliphatic heterocycles. The highest BCUT2D eigenvalue weighted by Gasteiger charge is 2.18. The van der Waals surface area contributed by atoms with Crippen molar-refractivity contribution in [3.05, 3.63) is 50.9 Å². The minimum Gasteiger partial charge on any atom is -0.351 e. The molecule has 144 valence electrons. The molecule has 3 aromatic heterocycles. The third kappa shape index (κ3) is 4.48. The zero-order chi connectivity index (χ0) is 19.4. The van der Waals surface area contributed by atoms with Crippen LogP contribution < -0.4 is 5.32 Å². The first kappa shape index (κ1) is 19.8. The van der Waals surface area contributed by atoms with Crippen molar-refractivity contribution in [1.29, 1.82) is 0 Å². The van der Waals surface area contributed by atoms with Gasteiger partial charge in [-0.25, -0.2) is 4.98 Å². The minimum atomic E-state index is -0.0799. The molecule has 5 nitrogen and oxygen atoms in total. The topological polar surface area (TPSA) is 49.6 Å². The van der Waals surface area contributed by atoms with Crippen molar-refractivity contribution < 1.29 is 4.79 Å². The second-order valence-corrected chi connectivity index (χ2v) is 8.44. The fourth-order valence-corrected chi connectivity index (χ4v) is 4.86. The maximum absolute atomic E-state index is 12.4. The van der Waals surface area contributed by atoms with Crippen molar-refractivity contribution in [1.82, 2.24) is 19.6 Å². The molecule has 27 heavy (non-hydrogen) atoms. The molecular formula is C20H26N4OS2. The van der Waals surface area contributed by atoms with E-state index in [0.717, 1.165) is 29.4 Å². The number of nitrogens with zero attached hydrogens (tertiary/aromatic N) is 3. The number of amides is 1. The van der Waals surface area contributed by atoms with Gasteiger partial charge in [-0.05, 0) is 55.4 Å². The summed E-state index contributed by atoms with van der Waals surface area (Å²) in [6.07, 6.45) is 5.52. The first-order valence-electron chi connectivity index (χ1n) is 9.20. The Labute approximate surface area is 168 Å². The molecule has 3 rings (SSSR count). The van der Waals surface area contributed by atoms with Crippen LogP contribution in [-0.2, 0) is 4.79 Å². The highest BCUT2D eigenvalue weighted by molar-refractivity contribution is 7.17. The number of rotatable bonds is 8. The van der Waals surface area contributed by atoms with Gasteiger partial charge < -0.3 is 5.32 Å². The van der Waals surface area contributed by atoms with Crippen molar-refractivity contribution in [2.24, 2.45) is 0 Å². The van der Waals surface area contributed by atoms with Crippen LogP contribution in [0.15, 0.2) is 29.1 Å². The molecule has 3 heterocycles. The lowest BCUT2D eigenvalue weighted by Crippen LogP contribution is -2.37. The lowest BCUT2D eigenvalue weighted by molar-refractivity contribution is -0.116. The van der Waals surface area contributed by atoms with Gasteiger partial charge in [-0.1, -0.05) is 13.8 Å². The lowest BCUT2D eigenvalue weighted by Gasteiger charge is -2.29. The number of fused-ring (bicyclic) bond motifs is 1. The number of aryl methyl sites for hydroxylation is 2. The summed E-state index contributed by atoms with van der Waals surface area (Å²) in [6, 6.07) is 2.34. The summed E-state index contributed by atoms with van der Waals surface area (Å²) >= 11 is 3.35. The number of carbonyl (C=O) groups excluding carboxylic acids is 1. The maximum atomic E-state index is 12.4. The number of imidazole rings is 1. The third-order valence-corrected chi connectivity index (χ3v) is 6.31. The highest BCUT2D eigenvalue weighted by Crippen LogP contribution is 2.23. The second-order valence-electron chi connectivity index (χ2n) is 6.45. The quantitative estimate of drug-likeness (QED) is 0.572. The Bertz CT molecular complexity index is 919. The van der Waals surface area contributed by atoms with E-state index in [1.165, 1.54) is 10.4 Å². The molecule has 0 aliphatic carbocycles. The standard InChI is InChI=1S/C20H26N4OS2/c1-5-23(6-2)18(16-9-10-26-13-16)11-21-19(25)8-7-17-15(4)22-20-24(17)12-14(3)27-20/h7-10,12-13,18H,5-6,11H2,1-4H3,(H,21,25)/b8-7-/t18-/m0/s1. The first-order chi connectivity index (χ1) is 13.0. The van der Waals surface area contributed by atoms with E-state index in [4.69, 9.17) is 0 Å². The van der Waals surface area contributed by atoms with Gasteiger partial charge in [-0.3, -0.25) is 14.1 Å². The van der Waals surface area contributed by atoms with Crippen LogP contribution in [0.4, 0.5) is 0 Å². The molecular weight excluding hydrogens is 376 g/mol. The van der Waals surface area contributed by atoms with Crippen molar-refractivity contribution in [2.45, 2.75) is 33.7 Å². The molecule has 0 unspecified atom stereocenters. The Morgan fingerprint density at radius 3 is 2.81 bits per heavy atom. The van der Waals surface area contributed by atoms with Crippen molar-refractivity contribution >= 4 is 39.6 Å².